The van der Waals surface area contributed by atoms with Crippen LogP contribution in [-0.4, -0.2) is 33.3 Å². The molecule has 0 heterocycles. The highest BCUT2D eigenvalue weighted by Crippen LogP contribution is 2.37. The molecule has 19 heavy (non-hydrogen) atoms. The first-order valence-corrected chi connectivity index (χ1v) is 7.76. The Hall–Kier alpha value is -0.530. The van der Waals surface area contributed by atoms with E-state index in [1.165, 1.54) is 19.2 Å². The van der Waals surface area contributed by atoms with Crippen LogP contribution in [0.5, 0.6) is 5.75 Å². The summed E-state index contributed by atoms with van der Waals surface area (Å²) in [6.07, 6.45) is 0.458. The lowest BCUT2D eigenvalue weighted by Crippen LogP contribution is -2.37. The minimum absolute atomic E-state index is 0.0190. The smallest absolute Gasteiger partial charge is 0.244 e. The number of benzene rings is 1. The summed E-state index contributed by atoms with van der Waals surface area (Å²) < 4.78 is 31.8. The normalized spacial score (nSPS) is 13.3. The predicted molar refractivity (Wildman–Crippen MR) is 74.5 cm³/mol. The highest BCUT2D eigenvalue weighted by atomic mass is 35.5. The molecule has 0 aliphatic rings. The Balaban J connectivity index is 3.25. The summed E-state index contributed by atoms with van der Waals surface area (Å²) in [6, 6.07) is 2.12. The van der Waals surface area contributed by atoms with Crippen molar-refractivity contribution in [3.63, 3.8) is 0 Å². The molecule has 0 fully saturated rings. The number of methoxy groups -OCH3 is 1. The van der Waals surface area contributed by atoms with E-state index < -0.39 is 16.1 Å². The number of ether oxygens (including phenoxy) is 1. The molecule has 0 aromatic heterocycles. The largest absolute Gasteiger partial charge is 0.494 e. The van der Waals surface area contributed by atoms with Gasteiger partial charge < -0.3 is 9.84 Å². The van der Waals surface area contributed by atoms with Crippen molar-refractivity contribution in [3.8, 4) is 5.75 Å². The van der Waals surface area contributed by atoms with Crippen molar-refractivity contribution in [2.75, 3.05) is 13.7 Å². The zero-order chi connectivity index (χ0) is 14.6. The topological polar surface area (TPSA) is 75.6 Å². The maximum atomic E-state index is 12.2. The molecule has 0 saturated heterocycles. The van der Waals surface area contributed by atoms with E-state index in [2.05, 4.69) is 4.72 Å². The second-order valence-electron chi connectivity index (χ2n) is 3.80. The van der Waals surface area contributed by atoms with E-state index in [4.69, 9.17) is 33.0 Å². The molecule has 1 rings (SSSR count). The van der Waals surface area contributed by atoms with Gasteiger partial charge in [0.1, 0.15) is 9.92 Å². The summed E-state index contributed by atoms with van der Waals surface area (Å²) in [6.45, 7) is 1.47. The Bertz CT molecular complexity index is 544. The third-order valence-corrected chi connectivity index (χ3v) is 4.87. The number of nitrogens with one attached hydrogen (secondary N) is 1. The van der Waals surface area contributed by atoms with E-state index in [0.717, 1.165) is 0 Å². The van der Waals surface area contributed by atoms with Crippen LogP contribution >= 0.6 is 23.2 Å². The third-order valence-electron chi connectivity index (χ3n) is 2.54. The summed E-state index contributed by atoms with van der Waals surface area (Å²) in [5.74, 6) is -0.0190. The van der Waals surface area contributed by atoms with Crippen LogP contribution in [0.4, 0.5) is 0 Å². The van der Waals surface area contributed by atoms with Crippen molar-refractivity contribution in [1.82, 2.24) is 4.72 Å². The van der Waals surface area contributed by atoms with E-state index in [-0.39, 0.29) is 27.3 Å². The highest BCUT2D eigenvalue weighted by Gasteiger charge is 2.25. The first kappa shape index (κ1) is 16.5. The number of hydrogen-bond donors (Lipinski definition) is 2. The lowest BCUT2D eigenvalue weighted by atomic mass is 10.3. The molecule has 0 spiro atoms. The second-order valence-corrected chi connectivity index (χ2v) is 6.27. The van der Waals surface area contributed by atoms with Gasteiger partial charge in [0.25, 0.3) is 0 Å². The molecule has 0 unspecified atom stereocenters. The second kappa shape index (κ2) is 6.76. The fraction of sp³-hybridized carbons (Fsp3) is 0.455. The van der Waals surface area contributed by atoms with Crippen molar-refractivity contribution >= 4 is 33.2 Å². The van der Waals surface area contributed by atoms with E-state index in [9.17, 15) is 8.42 Å². The number of halogens is 2. The molecular formula is C11H15Cl2NO4S. The Kier molecular flexibility index (Phi) is 5.88. The van der Waals surface area contributed by atoms with Gasteiger partial charge in [-0.25, -0.2) is 13.1 Å². The van der Waals surface area contributed by atoms with Gasteiger partial charge in [-0.05, 0) is 18.6 Å². The SMILES string of the molecule is CC[C@H](CO)NS(=O)(=O)c1ccc(Cl)c(Cl)c1OC. The Morgan fingerprint density at radius 3 is 2.53 bits per heavy atom. The minimum atomic E-state index is -3.84. The van der Waals surface area contributed by atoms with E-state index in [1.54, 1.807) is 6.92 Å². The van der Waals surface area contributed by atoms with Crippen LogP contribution in [0.1, 0.15) is 13.3 Å². The van der Waals surface area contributed by atoms with Gasteiger partial charge in [0.2, 0.25) is 10.0 Å². The molecular weight excluding hydrogens is 313 g/mol. The summed E-state index contributed by atoms with van der Waals surface area (Å²) >= 11 is 11.7. The zero-order valence-corrected chi connectivity index (χ0v) is 12.8. The molecule has 0 aliphatic carbocycles. The molecule has 0 radical (unpaired) electrons. The summed E-state index contributed by atoms with van der Waals surface area (Å²) in [5, 5.41) is 9.29. The molecule has 0 aliphatic heterocycles. The molecule has 0 saturated carbocycles. The monoisotopic (exact) mass is 327 g/mol. The Morgan fingerprint density at radius 2 is 2.05 bits per heavy atom. The van der Waals surface area contributed by atoms with Crippen LogP contribution in [0.25, 0.3) is 0 Å². The Morgan fingerprint density at radius 1 is 1.42 bits per heavy atom. The van der Waals surface area contributed by atoms with Gasteiger partial charge in [0.15, 0.2) is 5.75 Å². The fourth-order valence-electron chi connectivity index (χ4n) is 1.45. The lowest BCUT2D eigenvalue weighted by Gasteiger charge is -2.17. The molecule has 5 nitrogen and oxygen atoms in total. The zero-order valence-electron chi connectivity index (χ0n) is 10.5. The first-order chi connectivity index (χ1) is 8.87. The molecule has 2 N–H and O–H groups in total. The van der Waals surface area contributed by atoms with Gasteiger partial charge in [0.05, 0.1) is 18.7 Å². The summed E-state index contributed by atoms with van der Waals surface area (Å²) in [4.78, 5) is -0.115. The van der Waals surface area contributed by atoms with Crippen LogP contribution in [0.3, 0.4) is 0 Å². The lowest BCUT2D eigenvalue weighted by molar-refractivity contribution is 0.253. The molecule has 1 aromatic carbocycles. The van der Waals surface area contributed by atoms with Gasteiger partial charge in [0, 0.05) is 6.04 Å². The number of aliphatic hydroxyl groups excluding tert-OH is 1. The van der Waals surface area contributed by atoms with Gasteiger partial charge in [-0.15, -0.1) is 0 Å². The van der Waals surface area contributed by atoms with Gasteiger partial charge >= 0.3 is 0 Å². The summed E-state index contributed by atoms with van der Waals surface area (Å²) in [5.41, 5.74) is 0. The van der Waals surface area contributed by atoms with Crippen molar-refractivity contribution in [2.24, 2.45) is 0 Å². The summed E-state index contributed by atoms with van der Waals surface area (Å²) in [7, 11) is -2.54. The molecule has 8 heteroatoms. The quantitative estimate of drug-likeness (QED) is 0.838. The predicted octanol–water partition coefficient (Wildman–Crippen LogP) is 2.05. The minimum Gasteiger partial charge on any atom is -0.494 e. The van der Waals surface area contributed by atoms with Crippen molar-refractivity contribution in [2.45, 2.75) is 24.3 Å². The van der Waals surface area contributed by atoms with E-state index >= 15 is 0 Å². The molecule has 0 amide bonds. The van der Waals surface area contributed by atoms with Crippen molar-refractivity contribution in [1.29, 1.82) is 0 Å². The standard InChI is InChI=1S/C11H15Cl2NO4S/c1-3-7(6-15)14-19(16,17)9-5-4-8(12)10(13)11(9)18-2/h4-5,7,14-15H,3,6H2,1-2H3/t7-/m1/s1. The van der Waals surface area contributed by atoms with Gasteiger partial charge in [-0.3, -0.25) is 0 Å². The average Bonchev–Trinajstić information content (AvgIpc) is 2.38. The van der Waals surface area contributed by atoms with E-state index in [0.29, 0.717) is 6.42 Å². The number of sulfonamides is 1. The van der Waals surface area contributed by atoms with Crippen LogP contribution in [0.15, 0.2) is 17.0 Å². The third kappa shape index (κ3) is 3.73. The number of rotatable bonds is 6. The maximum absolute atomic E-state index is 12.2. The van der Waals surface area contributed by atoms with Crippen molar-refractivity contribution < 1.29 is 18.3 Å². The van der Waals surface area contributed by atoms with Gasteiger partial charge in [-0.2, -0.15) is 0 Å². The van der Waals surface area contributed by atoms with Crippen LogP contribution < -0.4 is 9.46 Å². The molecule has 1 atom stereocenters. The van der Waals surface area contributed by atoms with Crippen LogP contribution in [-0.2, 0) is 10.0 Å². The van der Waals surface area contributed by atoms with E-state index in [1.807, 2.05) is 0 Å². The highest BCUT2D eigenvalue weighted by molar-refractivity contribution is 7.89. The Labute approximate surface area is 122 Å². The first-order valence-electron chi connectivity index (χ1n) is 5.52. The maximum Gasteiger partial charge on any atom is 0.244 e. The average molecular weight is 328 g/mol. The van der Waals surface area contributed by atoms with Crippen LogP contribution in [0, 0.1) is 0 Å². The molecule has 108 valence electrons. The number of hydrogen-bond acceptors (Lipinski definition) is 4. The number of aliphatic hydroxyl groups is 1. The molecule has 0 bridgehead atoms. The molecule has 1 aromatic rings. The van der Waals surface area contributed by atoms with Gasteiger partial charge in [-0.1, -0.05) is 30.1 Å². The van der Waals surface area contributed by atoms with Crippen LogP contribution in [0.2, 0.25) is 10.0 Å². The van der Waals surface area contributed by atoms with Crippen molar-refractivity contribution in [3.05, 3.63) is 22.2 Å². The fourth-order valence-corrected chi connectivity index (χ4v) is 3.38.